The van der Waals surface area contributed by atoms with E-state index in [4.69, 9.17) is 25.5 Å². The monoisotopic (exact) mass is 517 g/mol. The molecule has 7 heteroatoms. The van der Waals surface area contributed by atoms with E-state index >= 15 is 0 Å². The molecule has 2 heterocycles. The van der Waals surface area contributed by atoms with E-state index < -0.39 is 11.9 Å². The van der Waals surface area contributed by atoms with Crippen LogP contribution in [0.15, 0.2) is 69.9 Å². The summed E-state index contributed by atoms with van der Waals surface area (Å²) in [7, 11) is 1.57. The predicted molar refractivity (Wildman–Crippen MR) is 145 cm³/mol. The topological polar surface area (TPSA) is 69.0 Å². The van der Waals surface area contributed by atoms with E-state index in [1.165, 1.54) is 0 Å². The van der Waals surface area contributed by atoms with Crippen LogP contribution in [-0.2, 0) is 0 Å². The van der Waals surface area contributed by atoms with Gasteiger partial charge in [-0.15, -0.1) is 0 Å². The number of carbonyl (C=O) groups excluding carboxylic acids is 1. The van der Waals surface area contributed by atoms with E-state index in [9.17, 15) is 9.59 Å². The number of rotatable bonds is 8. The second-order valence-electron chi connectivity index (χ2n) is 9.20. The molecule has 0 radical (unpaired) electrons. The Kier molecular flexibility index (Phi) is 6.94. The van der Waals surface area contributed by atoms with E-state index in [2.05, 4.69) is 6.92 Å². The molecular weight excluding hydrogens is 490 g/mol. The number of methoxy groups -OCH3 is 1. The first-order valence-electron chi connectivity index (χ1n) is 12.4. The van der Waals surface area contributed by atoms with E-state index in [1.54, 1.807) is 48.4 Å². The molecule has 0 N–H and O–H groups in total. The zero-order valence-corrected chi connectivity index (χ0v) is 21.8. The highest BCUT2D eigenvalue weighted by molar-refractivity contribution is 6.31. The second-order valence-corrected chi connectivity index (χ2v) is 9.63. The number of unbranched alkanes of at least 4 members (excludes halogenated alkanes) is 2. The Morgan fingerprint density at radius 1 is 1.00 bits per heavy atom. The lowest BCUT2D eigenvalue weighted by Gasteiger charge is -2.26. The molecular formula is C30H28ClNO5. The number of aryl methyl sites for hydroxylation is 1. The number of hydrogen-bond acceptors (Lipinski definition) is 5. The van der Waals surface area contributed by atoms with Crippen molar-refractivity contribution in [3.8, 4) is 11.5 Å². The number of fused-ring (bicyclic) bond motifs is 2. The van der Waals surface area contributed by atoms with Crippen LogP contribution in [0.5, 0.6) is 11.5 Å². The van der Waals surface area contributed by atoms with Gasteiger partial charge in [-0.05, 0) is 61.4 Å². The number of benzene rings is 3. The summed E-state index contributed by atoms with van der Waals surface area (Å²) in [6, 6.07) is 17.2. The van der Waals surface area contributed by atoms with E-state index in [0.717, 1.165) is 24.8 Å². The van der Waals surface area contributed by atoms with Crippen molar-refractivity contribution in [2.45, 2.75) is 39.2 Å². The molecule has 5 rings (SSSR count). The van der Waals surface area contributed by atoms with Crippen LogP contribution in [0.1, 0.15) is 59.5 Å². The fourth-order valence-corrected chi connectivity index (χ4v) is 4.99. The maximum atomic E-state index is 13.8. The summed E-state index contributed by atoms with van der Waals surface area (Å²) >= 11 is 6.29. The molecule has 1 aliphatic heterocycles. The second kappa shape index (κ2) is 10.3. The van der Waals surface area contributed by atoms with Gasteiger partial charge in [-0.1, -0.05) is 55.1 Å². The van der Waals surface area contributed by atoms with Crippen molar-refractivity contribution in [2.24, 2.45) is 0 Å². The van der Waals surface area contributed by atoms with Crippen LogP contribution < -0.4 is 19.8 Å². The first-order chi connectivity index (χ1) is 17.9. The molecule has 0 aliphatic carbocycles. The highest BCUT2D eigenvalue weighted by Crippen LogP contribution is 2.43. The molecule has 0 saturated carbocycles. The number of carbonyl (C=O) groups is 1. The lowest BCUT2D eigenvalue weighted by Crippen LogP contribution is -2.29. The number of hydrogen-bond donors (Lipinski definition) is 0. The zero-order valence-electron chi connectivity index (χ0n) is 21.0. The third-order valence-electron chi connectivity index (χ3n) is 6.62. The maximum absolute atomic E-state index is 13.8. The van der Waals surface area contributed by atoms with Gasteiger partial charge in [0.25, 0.3) is 5.91 Å². The van der Waals surface area contributed by atoms with Crippen LogP contribution >= 0.6 is 11.6 Å². The quantitative estimate of drug-likeness (QED) is 0.233. The number of anilines is 1. The normalized spacial score (nSPS) is 14.8. The van der Waals surface area contributed by atoms with Crippen LogP contribution in [0.2, 0.25) is 5.02 Å². The average Bonchev–Trinajstić information content (AvgIpc) is 3.19. The lowest BCUT2D eigenvalue weighted by molar-refractivity contribution is 0.0971. The third kappa shape index (κ3) is 4.58. The molecule has 3 aromatic carbocycles. The van der Waals surface area contributed by atoms with Crippen LogP contribution in [-0.4, -0.2) is 19.6 Å². The van der Waals surface area contributed by atoms with Gasteiger partial charge in [-0.2, -0.15) is 0 Å². The molecule has 0 spiro atoms. The summed E-state index contributed by atoms with van der Waals surface area (Å²) in [5.41, 5.74) is 2.63. The summed E-state index contributed by atoms with van der Waals surface area (Å²) in [6.45, 7) is 4.64. The number of nitrogens with zero attached hydrogens (tertiary/aromatic N) is 1. The van der Waals surface area contributed by atoms with Crippen molar-refractivity contribution in [3.63, 3.8) is 0 Å². The third-order valence-corrected chi connectivity index (χ3v) is 6.86. The minimum Gasteiger partial charge on any atom is -0.493 e. The minimum atomic E-state index is -0.731. The molecule has 190 valence electrons. The summed E-state index contributed by atoms with van der Waals surface area (Å²) in [6.07, 6.45) is 3.13. The molecule has 0 bridgehead atoms. The largest absolute Gasteiger partial charge is 0.493 e. The molecule has 1 amide bonds. The van der Waals surface area contributed by atoms with E-state index in [-0.39, 0.29) is 11.2 Å². The number of ether oxygens (including phenoxy) is 2. The zero-order chi connectivity index (χ0) is 26.1. The molecule has 0 fully saturated rings. The Hall–Kier alpha value is -3.77. The highest BCUT2D eigenvalue weighted by Gasteiger charge is 2.44. The van der Waals surface area contributed by atoms with Crippen molar-refractivity contribution in [2.75, 3.05) is 18.6 Å². The summed E-state index contributed by atoms with van der Waals surface area (Å²) in [4.78, 5) is 29.2. The van der Waals surface area contributed by atoms with Gasteiger partial charge >= 0.3 is 0 Å². The average molecular weight is 518 g/mol. The van der Waals surface area contributed by atoms with Gasteiger partial charge in [0, 0.05) is 10.7 Å². The van der Waals surface area contributed by atoms with Crippen molar-refractivity contribution in [1.82, 2.24) is 0 Å². The van der Waals surface area contributed by atoms with E-state index in [1.807, 2.05) is 31.2 Å². The standard InChI is InChI=1S/C30H28ClNO5/c1-4-5-6-14-36-24-13-11-19(16-25(24)35-3)27-26-28(33)22-15-18(2)10-12-23(22)37-29(26)30(34)32(27)21-9-7-8-20(31)17-21/h7-13,15-17,27H,4-6,14H2,1-3H3. The highest BCUT2D eigenvalue weighted by atomic mass is 35.5. The predicted octanol–water partition coefficient (Wildman–Crippen LogP) is 7.08. The molecule has 1 aromatic heterocycles. The van der Waals surface area contributed by atoms with Gasteiger partial charge < -0.3 is 13.9 Å². The summed E-state index contributed by atoms with van der Waals surface area (Å²) < 4.78 is 17.7. The molecule has 1 unspecified atom stereocenters. The summed E-state index contributed by atoms with van der Waals surface area (Å²) in [5.74, 6) is 0.773. The van der Waals surface area contributed by atoms with Crippen LogP contribution in [0.4, 0.5) is 5.69 Å². The Morgan fingerprint density at radius 2 is 1.84 bits per heavy atom. The molecule has 1 atom stereocenters. The Labute approximate surface area is 220 Å². The Balaban J connectivity index is 1.68. The van der Waals surface area contributed by atoms with Crippen molar-refractivity contribution < 1.29 is 18.7 Å². The summed E-state index contributed by atoms with van der Waals surface area (Å²) in [5, 5.41) is 0.917. The van der Waals surface area contributed by atoms with Gasteiger partial charge in [-0.25, -0.2) is 0 Å². The number of amides is 1. The van der Waals surface area contributed by atoms with Crippen LogP contribution in [0.3, 0.4) is 0 Å². The van der Waals surface area contributed by atoms with Gasteiger partial charge in [0.15, 0.2) is 16.9 Å². The lowest BCUT2D eigenvalue weighted by atomic mass is 9.97. The number of halogens is 1. The minimum absolute atomic E-state index is 0.0326. The fraction of sp³-hybridized carbons (Fsp3) is 0.267. The van der Waals surface area contributed by atoms with Gasteiger partial charge in [0.1, 0.15) is 5.58 Å². The maximum Gasteiger partial charge on any atom is 0.295 e. The van der Waals surface area contributed by atoms with Crippen molar-refractivity contribution in [3.05, 3.63) is 98.4 Å². The first-order valence-corrected chi connectivity index (χ1v) is 12.8. The molecule has 6 nitrogen and oxygen atoms in total. The molecule has 37 heavy (non-hydrogen) atoms. The van der Waals surface area contributed by atoms with Crippen molar-refractivity contribution in [1.29, 1.82) is 0 Å². The van der Waals surface area contributed by atoms with E-state index in [0.29, 0.717) is 50.9 Å². The molecule has 0 saturated heterocycles. The Morgan fingerprint density at radius 3 is 2.59 bits per heavy atom. The fourth-order valence-electron chi connectivity index (χ4n) is 4.80. The van der Waals surface area contributed by atoms with Crippen LogP contribution in [0.25, 0.3) is 11.0 Å². The first kappa shape index (κ1) is 24.9. The van der Waals surface area contributed by atoms with Gasteiger partial charge in [-0.3, -0.25) is 14.5 Å². The van der Waals surface area contributed by atoms with Crippen molar-refractivity contribution >= 4 is 34.2 Å². The van der Waals surface area contributed by atoms with Crippen LogP contribution in [0, 0.1) is 6.92 Å². The van der Waals surface area contributed by atoms with Gasteiger partial charge in [0.05, 0.1) is 30.7 Å². The molecule has 4 aromatic rings. The van der Waals surface area contributed by atoms with Gasteiger partial charge in [0.2, 0.25) is 5.76 Å². The smallest absolute Gasteiger partial charge is 0.295 e. The molecule has 1 aliphatic rings. The SMILES string of the molecule is CCCCCOc1ccc(C2c3c(oc4ccc(C)cc4c3=O)C(=O)N2c2cccc(Cl)c2)cc1OC. The Bertz CT molecular complexity index is 1540.